The van der Waals surface area contributed by atoms with Crippen LogP contribution in [-0.2, 0) is 11.3 Å². The lowest BCUT2D eigenvalue weighted by Gasteiger charge is -2.33. The first-order valence-electron chi connectivity index (χ1n) is 8.95. The second kappa shape index (κ2) is 7.89. The fourth-order valence-corrected chi connectivity index (χ4v) is 3.96. The van der Waals surface area contributed by atoms with E-state index in [1.165, 1.54) is 12.1 Å². The predicted molar refractivity (Wildman–Crippen MR) is 104 cm³/mol. The van der Waals surface area contributed by atoms with Crippen LogP contribution in [0, 0.1) is 0 Å². The van der Waals surface area contributed by atoms with Crippen LogP contribution >= 0.6 is 23.2 Å². The molecule has 2 atom stereocenters. The van der Waals surface area contributed by atoms with Gasteiger partial charge >= 0.3 is 0 Å². The second-order valence-corrected chi connectivity index (χ2v) is 7.60. The van der Waals surface area contributed by atoms with E-state index in [1.54, 1.807) is 18.2 Å². The molecule has 6 nitrogen and oxygen atoms in total. The summed E-state index contributed by atoms with van der Waals surface area (Å²) in [6.45, 7) is 3.04. The monoisotopic (exact) mass is 423 g/mol. The van der Waals surface area contributed by atoms with E-state index in [1.807, 2.05) is 0 Å². The molecule has 148 valence electrons. The molecule has 0 amide bonds. The Hall–Kier alpha value is -1.83. The number of nitrogens with zero attached hydrogens (tertiary/aromatic N) is 1. The Morgan fingerprint density at radius 3 is 2.64 bits per heavy atom. The standard InChI is InChI=1S/C20H19Cl2NO5/c21-14-3-1-2-11(16(14)22)20-18(26)17(25)12-4-5-15(24)13(19(12)28-20)10-23-6-8-27-9-7-23/h1-5,18,20,24,26H,6-10H2. The molecule has 2 unspecified atom stereocenters. The van der Waals surface area contributed by atoms with Crippen LogP contribution in [0.15, 0.2) is 30.3 Å². The molecule has 2 heterocycles. The van der Waals surface area contributed by atoms with Crippen LogP contribution in [0.5, 0.6) is 11.5 Å². The van der Waals surface area contributed by atoms with Gasteiger partial charge in [-0.1, -0.05) is 35.3 Å². The predicted octanol–water partition coefficient (Wildman–Crippen LogP) is 3.21. The highest BCUT2D eigenvalue weighted by Gasteiger charge is 2.40. The number of morpholine rings is 1. The van der Waals surface area contributed by atoms with E-state index in [0.29, 0.717) is 49.0 Å². The number of aliphatic hydroxyl groups excluding tert-OH is 1. The maximum Gasteiger partial charge on any atom is 0.199 e. The van der Waals surface area contributed by atoms with Gasteiger partial charge in [0.15, 0.2) is 18.0 Å². The zero-order chi connectivity index (χ0) is 19.8. The topological polar surface area (TPSA) is 79.2 Å². The lowest BCUT2D eigenvalue weighted by molar-refractivity contribution is 0.0183. The summed E-state index contributed by atoms with van der Waals surface area (Å²) in [6, 6.07) is 7.87. The van der Waals surface area contributed by atoms with Crippen LogP contribution in [0.25, 0.3) is 0 Å². The summed E-state index contributed by atoms with van der Waals surface area (Å²) in [5.41, 5.74) is 1.16. The molecule has 2 aromatic carbocycles. The van der Waals surface area contributed by atoms with E-state index in [9.17, 15) is 15.0 Å². The second-order valence-electron chi connectivity index (χ2n) is 6.82. The van der Waals surface area contributed by atoms with Crippen LogP contribution in [0.3, 0.4) is 0 Å². The third kappa shape index (κ3) is 3.47. The number of phenols is 1. The van der Waals surface area contributed by atoms with Crippen molar-refractivity contribution >= 4 is 29.0 Å². The molecule has 0 aliphatic carbocycles. The summed E-state index contributed by atoms with van der Waals surface area (Å²) in [5, 5.41) is 21.5. The van der Waals surface area contributed by atoms with Gasteiger partial charge in [-0.15, -0.1) is 0 Å². The number of hydrogen-bond acceptors (Lipinski definition) is 6. The molecular weight excluding hydrogens is 405 g/mol. The number of Topliss-reactive ketones (excluding diaryl/α,β-unsaturated/α-hetero) is 1. The molecule has 28 heavy (non-hydrogen) atoms. The molecule has 0 radical (unpaired) electrons. The van der Waals surface area contributed by atoms with Crippen LogP contribution in [0.4, 0.5) is 0 Å². The van der Waals surface area contributed by atoms with Crippen molar-refractivity contribution in [2.45, 2.75) is 18.8 Å². The summed E-state index contributed by atoms with van der Waals surface area (Å²) >= 11 is 12.4. The Kier molecular flexibility index (Phi) is 5.49. The number of hydrogen-bond donors (Lipinski definition) is 2. The average Bonchev–Trinajstić information content (AvgIpc) is 2.70. The maximum atomic E-state index is 12.8. The van der Waals surface area contributed by atoms with Crippen LogP contribution < -0.4 is 4.74 Å². The van der Waals surface area contributed by atoms with Gasteiger partial charge in [-0.25, -0.2) is 0 Å². The van der Waals surface area contributed by atoms with Gasteiger partial charge in [0.1, 0.15) is 11.5 Å². The fraction of sp³-hybridized carbons (Fsp3) is 0.350. The van der Waals surface area contributed by atoms with E-state index >= 15 is 0 Å². The first-order valence-corrected chi connectivity index (χ1v) is 9.70. The van der Waals surface area contributed by atoms with Crippen LogP contribution in [0.1, 0.15) is 27.6 Å². The van der Waals surface area contributed by atoms with Crippen LogP contribution in [0.2, 0.25) is 10.0 Å². The molecule has 2 aliphatic rings. The molecule has 4 rings (SSSR count). The quantitative estimate of drug-likeness (QED) is 0.788. The Balaban J connectivity index is 1.75. The fourth-order valence-electron chi connectivity index (χ4n) is 3.54. The SMILES string of the molecule is O=C1c2ccc(O)c(CN3CCOCC3)c2OC(c2cccc(Cl)c2Cl)C1O. The van der Waals surface area contributed by atoms with Crippen molar-refractivity contribution in [3.8, 4) is 11.5 Å². The first-order chi connectivity index (χ1) is 13.5. The number of ether oxygens (including phenoxy) is 2. The van der Waals surface area contributed by atoms with E-state index in [0.717, 1.165) is 0 Å². The number of rotatable bonds is 3. The van der Waals surface area contributed by atoms with Gasteiger partial charge in [-0.3, -0.25) is 9.69 Å². The lowest BCUT2D eigenvalue weighted by Crippen LogP contribution is -2.38. The van der Waals surface area contributed by atoms with Crippen molar-refractivity contribution in [1.82, 2.24) is 4.90 Å². The number of carbonyl (C=O) groups is 1. The number of ketones is 1. The summed E-state index contributed by atoms with van der Waals surface area (Å²) in [5.74, 6) is -0.182. The number of carbonyl (C=O) groups excluding carboxylic acids is 1. The van der Waals surface area contributed by atoms with Crippen LogP contribution in [-0.4, -0.2) is 53.3 Å². The van der Waals surface area contributed by atoms with Crippen molar-refractivity contribution in [3.05, 3.63) is 57.1 Å². The van der Waals surface area contributed by atoms with Gasteiger partial charge in [-0.2, -0.15) is 0 Å². The van der Waals surface area contributed by atoms with Gasteiger partial charge in [0.25, 0.3) is 0 Å². The Labute approximate surface area is 172 Å². The maximum absolute atomic E-state index is 12.8. The third-order valence-corrected chi connectivity index (χ3v) is 5.91. The van der Waals surface area contributed by atoms with Gasteiger partial charge < -0.3 is 19.7 Å². The highest BCUT2D eigenvalue weighted by atomic mass is 35.5. The summed E-state index contributed by atoms with van der Waals surface area (Å²) in [6.07, 6.45) is -2.44. The number of fused-ring (bicyclic) bond motifs is 1. The molecule has 2 aromatic rings. The van der Waals surface area contributed by atoms with Gasteiger partial charge in [0, 0.05) is 25.2 Å². The minimum atomic E-state index is -1.43. The lowest BCUT2D eigenvalue weighted by atomic mass is 9.91. The van der Waals surface area contributed by atoms with E-state index in [4.69, 9.17) is 32.7 Å². The van der Waals surface area contributed by atoms with Gasteiger partial charge in [-0.05, 0) is 18.2 Å². The number of benzene rings is 2. The van der Waals surface area contributed by atoms with E-state index in [-0.39, 0.29) is 22.1 Å². The highest BCUT2D eigenvalue weighted by Crippen LogP contribution is 2.43. The van der Waals surface area contributed by atoms with Crippen molar-refractivity contribution in [2.75, 3.05) is 26.3 Å². The molecule has 0 spiro atoms. The summed E-state index contributed by atoms with van der Waals surface area (Å²) in [4.78, 5) is 14.9. The Morgan fingerprint density at radius 1 is 1.14 bits per heavy atom. The van der Waals surface area contributed by atoms with E-state index < -0.39 is 18.0 Å². The van der Waals surface area contributed by atoms with E-state index in [2.05, 4.69) is 4.90 Å². The molecule has 0 aromatic heterocycles. The van der Waals surface area contributed by atoms with Crippen molar-refractivity contribution in [1.29, 1.82) is 0 Å². The first kappa shape index (κ1) is 19.5. The highest BCUT2D eigenvalue weighted by molar-refractivity contribution is 6.42. The van der Waals surface area contributed by atoms with Crippen molar-refractivity contribution in [3.63, 3.8) is 0 Å². The number of phenolic OH excluding ortho intramolecular Hbond substituents is 1. The van der Waals surface area contributed by atoms with Gasteiger partial charge in [0.05, 0.1) is 34.4 Å². The largest absolute Gasteiger partial charge is 0.507 e. The molecular formula is C20H19Cl2NO5. The Bertz CT molecular complexity index is 914. The summed E-state index contributed by atoms with van der Waals surface area (Å²) < 4.78 is 11.4. The molecule has 1 saturated heterocycles. The average molecular weight is 424 g/mol. The minimum Gasteiger partial charge on any atom is -0.507 e. The molecule has 1 fully saturated rings. The molecule has 0 bridgehead atoms. The molecule has 0 saturated carbocycles. The number of aliphatic hydroxyl groups is 1. The third-order valence-electron chi connectivity index (χ3n) is 5.07. The minimum absolute atomic E-state index is 0.0328. The zero-order valence-electron chi connectivity index (χ0n) is 14.9. The normalized spacial score (nSPS) is 22.6. The summed E-state index contributed by atoms with van der Waals surface area (Å²) in [7, 11) is 0. The number of aromatic hydroxyl groups is 1. The van der Waals surface area contributed by atoms with Crippen molar-refractivity contribution in [2.24, 2.45) is 0 Å². The van der Waals surface area contributed by atoms with Crippen molar-refractivity contribution < 1.29 is 24.5 Å². The molecule has 2 aliphatic heterocycles. The molecule has 2 N–H and O–H groups in total. The smallest absolute Gasteiger partial charge is 0.199 e. The zero-order valence-corrected chi connectivity index (χ0v) is 16.4. The Morgan fingerprint density at radius 2 is 1.89 bits per heavy atom. The molecule has 8 heteroatoms. The van der Waals surface area contributed by atoms with Gasteiger partial charge in [0.2, 0.25) is 0 Å². The number of halogens is 2.